The number of carbonyl (C=O) groups excluding carboxylic acids is 2. The Hall–Kier alpha value is -2.96. The molecule has 1 aliphatic heterocycles. The molecule has 1 N–H and O–H groups in total. The van der Waals surface area contributed by atoms with Gasteiger partial charge in [0.1, 0.15) is 6.04 Å². The molecular formula is C22H29N5O2. The number of benzene rings is 1. The highest BCUT2D eigenvalue weighted by atomic mass is 16.2. The van der Waals surface area contributed by atoms with Crippen LogP contribution in [0.4, 0.5) is 5.95 Å². The molecule has 0 spiro atoms. The van der Waals surface area contributed by atoms with Crippen LogP contribution in [0.1, 0.15) is 43.6 Å². The molecule has 1 aromatic heterocycles. The summed E-state index contributed by atoms with van der Waals surface area (Å²) in [6.45, 7) is 10.6. The van der Waals surface area contributed by atoms with Crippen molar-refractivity contribution < 1.29 is 9.59 Å². The van der Waals surface area contributed by atoms with Gasteiger partial charge in [-0.25, -0.2) is 9.97 Å². The summed E-state index contributed by atoms with van der Waals surface area (Å²) in [6.07, 6.45) is 3.43. The lowest BCUT2D eigenvalue weighted by Crippen LogP contribution is -2.54. The van der Waals surface area contributed by atoms with E-state index >= 15 is 0 Å². The molecule has 3 rings (SSSR count). The van der Waals surface area contributed by atoms with Crippen LogP contribution in [-0.4, -0.2) is 58.9 Å². The van der Waals surface area contributed by atoms with Gasteiger partial charge in [-0.05, 0) is 36.1 Å². The third-order valence-electron chi connectivity index (χ3n) is 5.16. The van der Waals surface area contributed by atoms with Crippen LogP contribution in [0.3, 0.4) is 0 Å². The van der Waals surface area contributed by atoms with Gasteiger partial charge in [-0.15, -0.1) is 0 Å². The molecule has 0 bridgehead atoms. The lowest BCUT2D eigenvalue weighted by Gasteiger charge is -2.35. The largest absolute Gasteiger partial charge is 0.341 e. The van der Waals surface area contributed by atoms with Crippen molar-refractivity contribution in [2.75, 3.05) is 31.1 Å². The molecule has 1 aliphatic rings. The second-order valence-corrected chi connectivity index (χ2v) is 8.38. The Morgan fingerprint density at radius 1 is 1.00 bits per heavy atom. The van der Waals surface area contributed by atoms with Crippen LogP contribution in [0.15, 0.2) is 42.7 Å². The quantitative estimate of drug-likeness (QED) is 0.859. The van der Waals surface area contributed by atoms with Crippen molar-refractivity contribution >= 4 is 17.8 Å². The maximum absolute atomic E-state index is 12.8. The number of aromatic nitrogens is 2. The van der Waals surface area contributed by atoms with Crippen molar-refractivity contribution in [3.05, 3.63) is 53.9 Å². The lowest BCUT2D eigenvalue weighted by molar-refractivity contribution is -0.133. The molecule has 1 atom stereocenters. The summed E-state index contributed by atoms with van der Waals surface area (Å²) in [4.78, 5) is 37.6. The number of nitrogens with zero attached hydrogens (tertiary/aromatic N) is 4. The number of amides is 2. The summed E-state index contributed by atoms with van der Waals surface area (Å²) in [7, 11) is 0. The summed E-state index contributed by atoms with van der Waals surface area (Å²) in [5.41, 5.74) is 1.76. The van der Waals surface area contributed by atoms with E-state index < -0.39 is 6.04 Å². The van der Waals surface area contributed by atoms with Crippen LogP contribution < -0.4 is 10.2 Å². The Kier molecular flexibility index (Phi) is 6.15. The van der Waals surface area contributed by atoms with Crippen LogP contribution in [0, 0.1) is 0 Å². The zero-order valence-electron chi connectivity index (χ0n) is 17.6. The maximum atomic E-state index is 12.8. The average Bonchev–Trinajstić information content (AvgIpc) is 2.73. The van der Waals surface area contributed by atoms with E-state index in [9.17, 15) is 9.59 Å². The Balaban J connectivity index is 1.53. The van der Waals surface area contributed by atoms with Gasteiger partial charge in [-0.2, -0.15) is 0 Å². The highest BCUT2D eigenvalue weighted by Crippen LogP contribution is 2.22. The van der Waals surface area contributed by atoms with Crippen LogP contribution in [0.2, 0.25) is 0 Å². The standard InChI is InChI=1S/C22H29N5O2/c1-16(25-19(28)17-6-8-18(9-7-17)22(2,3)4)20(29)26-12-14-27(15-13-26)21-23-10-5-11-24-21/h5-11,16H,12-15H2,1-4H3,(H,25,28). The fraction of sp³-hybridized carbons (Fsp3) is 0.455. The zero-order valence-corrected chi connectivity index (χ0v) is 17.6. The van der Waals surface area contributed by atoms with Crippen molar-refractivity contribution in [2.45, 2.75) is 39.2 Å². The first-order valence-corrected chi connectivity index (χ1v) is 9.98. The van der Waals surface area contributed by atoms with E-state index in [4.69, 9.17) is 0 Å². The van der Waals surface area contributed by atoms with Crippen molar-refractivity contribution in [3.63, 3.8) is 0 Å². The normalized spacial score (nSPS) is 15.7. The molecule has 0 saturated carbocycles. The van der Waals surface area contributed by atoms with E-state index in [0.29, 0.717) is 37.7 Å². The van der Waals surface area contributed by atoms with Gasteiger partial charge >= 0.3 is 0 Å². The summed E-state index contributed by atoms with van der Waals surface area (Å²) in [5.74, 6) is 0.376. The molecule has 29 heavy (non-hydrogen) atoms. The molecule has 1 aromatic carbocycles. The van der Waals surface area contributed by atoms with Crippen molar-refractivity contribution in [1.29, 1.82) is 0 Å². The van der Waals surface area contributed by atoms with Crippen LogP contribution in [0.25, 0.3) is 0 Å². The molecule has 2 heterocycles. The maximum Gasteiger partial charge on any atom is 0.251 e. The number of rotatable bonds is 4. The summed E-state index contributed by atoms with van der Waals surface area (Å²) in [6, 6.07) is 8.75. The number of hydrogen-bond acceptors (Lipinski definition) is 5. The van der Waals surface area contributed by atoms with Gasteiger partial charge < -0.3 is 15.1 Å². The van der Waals surface area contributed by atoms with Gasteiger partial charge in [0.25, 0.3) is 5.91 Å². The van der Waals surface area contributed by atoms with Crippen molar-refractivity contribution in [3.8, 4) is 0 Å². The van der Waals surface area contributed by atoms with E-state index in [2.05, 4.69) is 41.0 Å². The van der Waals surface area contributed by atoms with Gasteiger partial charge in [-0.1, -0.05) is 32.9 Å². The molecule has 1 saturated heterocycles. The first-order chi connectivity index (χ1) is 13.8. The number of hydrogen-bond donors (Lipinski definition) is 1. The highest BCUT2D eigenvalue weighted by Gasteiger charge is 2.27. The summed E-state index contributed by atoms with van der Waals surface area (Å²) >= 11 is 0. The number of piperazine rings is 1. The number of carbonyl (C=O) groups is 2. The van der Waals surface area contributed by atoms with Gasteiger partial charge in [0.2, 0.25) is 11.9 Å². The third kappa shape index (κ3) is 5.10. The van der Waals surface area contributed by atoms with Crippen molar-refractivity contribution in [1.82, 2.24) is 20.2 Å². The van der Waals surface area contributed by atoms with Crippen molar-refractivity contribution in [2.24, 2.45) is 0 Å². The molecule has 1 unspecified atom stereocenters. The molecule has 0 aliphatic carbocycles. The van der Waals surface area contributed by atoms with E-state index in [1.54, 1.807) is 30.3 Å². The zero-order chi connectivity index (χ0) is 21.0. The van der Waals surface area contributed by atoms with Crippen LogP contribution in [-0.2, 0) is 10.2 Å². The highest BCUT2D eigenvalue weighted by molar-refractivity contribution is 5.97. The van der Waals surface area contributed by atoms with Gasteiger partial charge in [0.05, 0.1) is 0 Å². The third-order valence-corrected chi connectivity index (χ3v) is 5.16. The Labute approximate surface area is 172 Å². The van der Waals surface area contributed by atoms with E-state index in [1.807, 2.05) is 24.3 Å². The summed E-state index contributed by atoms with van der Waals surface area (Å²) < 4.78 is 0. The second-order valence-electron chi connectivity index (χ2n) is 8.38. The Bertz CT molecular complexity index is 838. The first kappa shape index (κ1) is 20.8. The number of anilines is 1. The minimum Gasteiger partial charge on any atom is -0.341 e. The van der Waals surface area contributed by atoms with Gasteiger partial charge in [0.15, 0.2) is 0 Å². The average molecular weight is 396 g/mol. The monoisotopic (exact) mass is 395 g/mol. The smallest absolute Gasteiger partial charge is 0.251 e. The first-order valence-electron chi connectivity index (χ1n) is 9.98. The predicted octanol–water partition coefficient (Wildman–Crippen LogP) is 2.24. The van der Waals surface area contributed by atoms with Crippen LogP contribution >= 0.6 is 0 Å². The molecule has 154 valence electrons. The van der Waals surface area contributed by atoms with E-state index in [0.717, 1.165) is 0 Å². The fourth-order valence-corrected chi connectivity index (χ4v) is 3.32. The van der Waals surface area contributed by atoms with Crippen LogP contribution in [0.5, 0.6) is 0 Å². The second kappa shape index (κ2) is 8.59. The number of nitrogens with one attached hydrogen (secondary N) is 1. The molecule has 2 amide bonds. The lowest BCUT2D eigenvalue weighted by atomic mass is 9.86. The molecule has 1 fully saturated rings. The molecule has 0 radical (unpaired) electrons. The molecule has 7 nitrogen and oxygen atoms in total. The fourth-order valence-electron chi connectivity index (χ4n) is 3.32. The Morgan fingerprint density at radius 3 is 2.14 bits per heavy atom. The minimum absolute atomic E-state index is 0.0329. The predicted molar refractivity (Wildman–Crippen MR) is 113 cm³/mol. The minimum atomic E-state index is -0.579. The SMILES string of the molecule is CC(NC(=O)c1ccc(C(C)(C)C)cc1)C(=O)N1CCN(c2ncccn2)CC1. The van der Waals surface area contributed by atoms with Gasteiger partial charge in [0, 0.05) is 44.1 Å². The van der Waals surface area contributed by atoms with Gasteiger partial charge in [-0.3, -0.25) is 9.59 Å². The molecule has 2 aromatic rings. The van der Waals surface area contributed by atoms with E-state index in [-0.39, 0.29) is 17.2 Å². The van der Waals surface area contributed by atoms with E-state index in [1.165, 1.54) is 5.56 Å². The Morgan fingerprint density at radius 2 is 1.59 bits per heavy atom. The summed E-state index contributed by atoms with van der Waals surface area (Å²) in [5, 5.41) is 2.83. The molecular weight excluding hydrogens is 366 g/mol. The molecule has 7 heteroatoms. The topological polar surface area (TPSA) is 78.4 Å².